The Hall–Kier alpha value is -0.510. The molecule has 0 bridgehead atoms. The first-order valence-corrected chi connectivity index (χ1v) is 1.89. The Morgan fingerprint density at radius 2 is 1.88 bits per heavy atom. The summed E-state index contributed by atoms with van der Waals surface area (Å²) in [4.78, 5) is 0. The second kappa shape index (κ2) is 2.71. The Labute approximate surface area is 44.4 Å². The predicted molar refractivity (Wildman–Crippen MR) is 20.7 cm³/mol. The molecule has 1 radical (unpaired) electrons. The predicted octanol–water partition coefficient (Wildman–Crippen LogP) is 1.54. The highest BCUT2D eigenvalue weighted by Gasteiger charge is 2.21. The Bertz CT molecular complexity index is 83.8. The van der Waals surface area contributed by atoms with Gasteiger partial charge in [0.1, 0.15) is 6.61 Å². The normalized spacial score (nSPS) is 13.0. The van der Waals surface area contributed by atoms with Crippen molar-refractivity contribution in [3.05, 3.63) is 12.2 Å². The lowest BCUT2D eigenvalue weighted by Gasteiger charge is -1.94. The molecule has 0 aliphatic rings. The van der Waals surface area contributed by atoms with Crippen molar-refractivity contribution >= 4 is 0 Å². The molecule has 0 heterocycles. The van der Waals surface area contributed by atoms with Crippen molar-refractivity contribution in [1.82, 2.24) is 0 Å². The van der Waals surface area contributed by atoms with Crippen LogP contribution in [0.25, 0.3) is 0 Å². The molecule has 0 aromatic rings. The molecular formula is C4H4F3O. The highest BCUT2D eigenvalue weighted by atomic mass is 19.4. The Morgan fingerprint density at radius 1 is 1.38 bits per heavy atom. The van der Waals surface area contributed by atoms with Crippen LogP contribution in [-0.2, 0) is 5.11 Å². The third-order valence-corrected chi connectivity index (χ3v) is 0.403. The summed E-state index contributed by atoms with van der Waals surface area (Å²) in [5.41, 5.74) is 0. The van der Waals surface area contributed by atoms with Crippen LogP contribution in [-0.4, -0.2) is 12.8 Å². The molecule has 0 aliphatic carbocycles. The van der Waals surface area contributed by atoms with Crippen LogP contribution in [0.15, 0.2) is 12.2 Å². The maximum atomic E-state index is 11.0. The van der Waals surface area contributed by atoms with Gasteiger partial charge in [-0.25, -0.2) is 5.11 Å². The zero-order valence-corrected chi connectivity index (χ0v) is 3.90. The van der Waals surface area contributed by atoms with E-state index in [1.807, 2.05) is 0 Å². The first kappa shape index (κ1) is 7.49. The van der Waals surface area contributed by atoms with Gasteiger partial charge in [0.05, 0.1) is 0 Å². The minimum absolute atomic E-state index is 0.0694. The largest absolute Gasteiger partial charge is 0.409 e. The monoisotopic (exact) mass is 125 g/mol. The Balaban J connectivity index is 3.52. The van der Waals surface area contributed by atoms with Crippen molar-refractivity contribution in [2.24, 2.45) is 0 Å². The topological polar surface area (TPSA) is 19.9 Å². The molecule has 0 atom stereocenters. The van der Waals surface area contributed by atoms with Gasteiger partial charge >= 0.3 is 6.18 Å². The van der Waals surface area contributed by atoms with Crippen molar-refractivity contribution in [3.8, 4) is 0 Å². The Kier molecular flexibility index (Phi) is 2.54. The van der Waals surface area contributed by atoms with E-state index in [0.29, 0.717) is 6.08 Å². The average molecular weight is 125 g/mol. The van der Waals surface area contributed by atoms with Crippen LogP contribution in [0.4, 0.5) is 13.2 Å². The fraction of sp³-hybridized carbons (Fsp3) is 0.500. The van der Waals surface area contributed by atoms with E-state index >= 15 is 0 Å². The van der Waals surface area contributed by atoms with Gasteiger partial charge in [-0.1, -0.05) is 6.08 Å². The fourth-order valence-corrected chi connectivity index (χ4v) is 0.182. The molecule has 0 aromatic heterocycles. The minimum Gasteiger partial charge on any atom is -0.232 e. The Morgan fingerprint density at radius 3 is 2.00 bits per heavy atom. The van der Waals surface area contributed by atoms with Crippen LogP contribution in [0.2, 0.25) is 0 Å². The molecule has 0 amide bonds. The highest BCUT2D eigenvalue weighted by Crippen LogP contribution is 2.15. The number of hydrogen-bond acceptors (Lipinski definition) is 0. The summed E-state index contributed by atoms with van der Waals surface area (Å²) >= 11 is 0. The molecule has 0 aromatic carbocycles. The van der Waals surface area contributed by atoms with E-state index in [1.165, 1.54) is 0 Å². The standard InChI is InChI=1S/C4H4F3O/c5-4(6,7)2-1-3-8/h1-2H,3H2. The summed E-state index contributed by atoms with van der Waals surface area (Å²) in [6.45, 7) is -0.820. The maximum Gasteiger partial charge on any atom is 0.409 e. The molecule has 0 N–H and O–H groups in total. The molecule has 4 heteroatoms. The van der Waals surface area contributed by atoms with E-state index in [1.54, 1.807) is 0 Å². The molecule has 0 saturated carbocycles. The van der Waals surface area contributed by atoms with E-state index in [0.717, 1.165) is 0 Å². The molecule has 0 unspecified atom stereocenters. The lowest BCUT2D eigenvalue weighted by molar-refractivity contribution is -0.0803. The lowest BCUT2D eigenvalue weighted by atomic mass is 10.5. The zero-order chi connectivity index (χ0) is 6.62. The summed E-state index contributed by atoms with van der Waals surface area (Å²) < 4.78 is 33.1. The molecule has 0 fully saturated rings. The molecule has 47 valence electrons. The van der Waals surface area contributed by atoms with Crippen molar-refractivity contribution in [3.63, 3.8) is 0 Å². The van der Waals surface area contributed by atoms with Crippen LogP contribution in [0.5, 0.6) is 0 Å². The molecule has 8 heavy (non-hydrogen) atoms. The van der Waals surface area contributed by atoms with Gasteiger partial charge in [0.25, 0.3) is 0 Å². The zero-order valence-electron chi connectivity index (χ0n) is 3.90. The van der Waals surface area contributed by atoms with Crippen molar-refractivity contribution in [1.29, 1.82) is 0 Å². The van der Waals surface area contributed by atoms with E-state index in [-0.39, 0.29) is 6.08 Å². The van der Waals surface area contributed by atoms with Gasteiger partial charge in [-0.15, -0.1) is 0 Å². The molecule has 0 saturated heterocycles. The van der Waals surface area contributed by atoms with Crippen LogP contribution in [0.1, 0.15) is 0 Å². The van der Waals surface area contributed by atoms with E-state index in [9.17, 15) is 18.3 Å². The van der Waals surface area contributed by atoms with Gasteiger partial charge in [-0.2, -0.15) is 13.2 Å². The first-order chi connectivity index (χ1) is 3.56. The third kappa shape index (κ3) is 5.49. The molecule has 0 aliphatic heterocycles. The summed E-state index contributed by atoms with van der Waals surface area (Å²) in [6, 6.07) is 0. The number of halogens is 3. The van der Waals surface area contributed by atoms with E-state index < -0.39 is 12.8 Å². The molecule has 0 spiro atoms. The van der Waals surface area contributed by atoms with E-state index in [4.69, 9.17) is 0 Å². The number of rotatable bonds is 1. The van der Waals surface area contributed by atoms with Gasteiger partial charge in [0.15, 0.2) is 0 Å². The number of allylic oxidation sites excluding steroid dienone is 1. The number of hydrogen-bond donors (Lipinski definition) is 0. The van der Waals surface area contributed by atoms with Crippen molar-refractivity contribution in [2.75, 3.05) is 6.61 Å². The minimum atomic E-state index is -4.33. The SMILES string of the molecule is [O]CC=CC(F)(F)F. The van der Waals surface area contributed by atoms with Gasteiger partial charge < -0.3 is 0 Å². The summed E-state index contributed by atoms with van der Waals surface area (Å²) in [5.74, 6) is 0. The van der Waals surface area contributed by atoms with Gasteiger partial charge in [0.2, 0.25) is 0 Å². The average Bonchev–Trinajstić information content (AvgIpc) is 1.59. The van der Waals surface area contributed by atoms with Crippen LogP contribution in [0, 0.1) is 0 Å². The number of alkyl halides is 3. The third-order valence-electron chi connectivity index (χ3n) is 0.403. The second-order valence-electron chi connectivity index (χ2n) is 1.11. The van der Waals surface area contributed by atoms with Crippen LogP contribution < -0.4 is 0 Å². The quantitative estimate of drug-likeness (QED) is 0.473. The molecule has 1 nitrogen and oxygen atoms in total. The maximum absolute atomic E-state index is 11.0. The van der Waals surface area contributed by atoms with Crippen molar-refractivity contribution < 1.29 is 18.3 Å². The molecule has 0 rings (SSSR count). The molecular weight excluding hydrogens is 121 g/mol. The van der Waals surface area contributed by atoms with Gasteiger partial charge in [-0.3, -0.25) is 0 Å². The first-order valence-electron chi connectivity index (χ1n) is 1.89. The summed E-state index contributed by atoms with van der Waals surface area (Å²) in [6.07, 6.45) is -3.87. The van der Waals surface area contributed by atoms with E-state index in [2.05, 4.69) is 0 Å². The second-order valence-corrected chi connectivity index (χ2v) is 1.11. The van der Waals surface area contributed by atoms with Crippen molar-refractivity contribution in [2.45, 2.75) is 6.18 Å². The summed E-state index contributed by atoms with van der Waals surface area (Å²) in [7, 11) is 0. The van der Waals surface area contributed by atoms with Gasteiger partial charge in [0, 0.05) is 6.08 Å². The van der Waals surface area contributed by atoms with Crippen LogP contribution >= 0.6 is 0 Å². The lowest BCUT2D eigenvalue weighted by Crippen LogP contribution is -2.00. The highest BCUT2D eigenvalue weighted by molar-refractivity contribution is 4.87. The van der Waals surface area contributed by atoms with Crippen LogP contribution in [0.3, 0.4) is 0 Å². The summed E-state index contributed by atoms with van der Waals surface area (Å²) in [5, 5.41) is 9.39. The smallest absolute Gasteiger partial charge is 0.232 e. The van der Waals surface area contributed by atoms with Gasteiger partial charge in [-0.05, 0) is 0 Å². The fourth-order valence-electron chi connectivity index (χ4n) is 0.182.